The number of hydrogen-bond acceptors (Lipinski definition) is 7. The van der Waals surface area contributed by atoms with Crippen molar-refractivity contribution in [2.45, 2.75) is 6.10 Å². The summed E-state index contributed by atoms with van der Waals surface area (Å²) in [6.07, 6.45) is -1.16. The molecule has 3 aromatic carbocycles. The van der Waals surface area contributed by atoms with E-state index in [2.05, 4.69) is 9.97 Å². The number of esters is 1. The molecule has 0 amide bonds. The molecule has 0 saturated heterocycles. The number of ether oxygens (including phenoxy) is 1. The summed E-state index contributed by atoms with van der Waals surface area (Å²) in [6, 6.07) is 18.5. The number of para-hydroxylation sites is 2. The van der Waals surface area contributed by atoms with Gasteiger partial charge in [0.1, 0.15) is 35.7 Å². The number of carbonyl (C=O) groups excluding carboxylic acids is 2. The van der Waals surface area contributed by atoms with Crippen LogP contribution >= 0.6 is 12.4 Å². The van der Waals surface area contributed by atoms with Crippen molar-refractivity contribution < 1.29 is 28.9 Å². The number of aliphatic hydroxyl groups is 2. The van der Waals surface area contributed by atoms with Gasteiger partial charge in [-0.25, -0.2) is 9.37 Å². The van der Waals surface area contributed by atoms with E-state index < -0.39 is 29.4 Å². The molecule has 0 fully saturated rings. The summed E-state index contributed by atoms with van der Waals surface area (Å²) in [4.78, 5) is 34.5. The van der Waals surface area contributed by atoms with Crippen LogP contribution in [0.1, 0.15) is 33.4 Å². The van der Waals surface area contributed by atoms with Crippen LogP contribution < -0.4 is 0 Å². The number of likely N-dealkylation sites (N-methyl/N-ethyl adjacent to an activating group) is 1. The summed E-state index contributed by atoms with van der Waals surface area (Å²) >= 11 is 0. The first-order valence-corrected chi connectivity index (χ1v) is 11.5. The number of halogens is 2. The van der Waals surface area contributed by atoms with Crippen molar-refractivity contribution in [2.75, 3.05) is 27.2 Å². The summed E-state index contributed by atoms with van der Waals surface area (Å²) in [6.45, 7) is -0.210. The Morgan fingerprint density at radius 1 is 1.03 bits per heavy atom. The Morgan fingerprint density at radius 2 is 1.74 bits per heavy atom. The van der Waals surface area contributed by atoms with E-state index in [-0.39, 0.29) is 48.1 Å². The van der Waals surface area contributed by atoms with Gasteiger partial charge >= 0.3 is 5.97 Å². The van der Waals surface area contributed by atoms with Gasteiger partial charge in [-0.2, -0.15) is 0 Å². The number of hydrogen-bond donors (Lipinski definition) is 3. The summed E-state index contributed by atoms with van der Waals surface area (Å²) < 4.78 is 19.0. The molecule has 0 aliphatic heterocycles. The number of allylic oxidation sites excluding steroid dienone is 1. The predicted octanol–water partition coefficient (Wildman–Crippen LogP) is 4.57. The molecule has 4 aromatic rings. The third-order valence-corrected chi connectivity index (χ3v) is 5.57. The van der Waals surface area contributed by atoms with E-state index in [0.717, 1.165) is 6.07 Å². The minimum Gasteiger partial charge on any atom is -0.506 e. The number of carbonyl (C=O) groups is 2. The van der Waals surface area contributed by atoms with Crippen molar-refractivity contribution in [2.24, 2.45) is 0 Å². The van der Waals surface area contributed by atoms with E-state index in [0.29, 0.717) is 16.6 Å². The van der Waals surface area contributed by atoms with Crippen molar-refractivity contribution in [3.05, 3.63) is 101 Å². The molecule has 0 saturated carbocycles. The Labute approximate surface area is 224 Å². The monoisotopic (exact) mass is 539 g/mol. The van der Waals surface area contributed by atoms with E-state index >= 15 is 0 Å². The maximum absolute atomic E-state index is 13.9. The Morgan fingerprint density at radius 3 is 2.45 bits per heavy atom. The Kier molecular flexibility index (Phi) is 9.35. The van der Waals surface area contributed by atoms with Crippen LogP contribution in [-0.4, -0.2) is 64.1 Å². The summed E-state index contributed by atoms with van der Waals surface area (Å²) in [7, 11) is 3.45. The zero-order valence-corrected chi connectivity index (χ0v) is 21.5. The molecule has 0 bridgehead atoms. The average Bonchev–Trinajstić information content (AvgIpc) is 3.30. The third kappa shape index (κ3) is 6.63. The highest BCUT2D eigenvalue weighted by atomic mass is 35.5. The second kappa shape index (κ2) is 12.5. The number of aromatic amines is 1. The molecule has 3 N–H and O–H groups in total. The van der Waals surface area contributed by atoms with Crippen LogP contribution in [0.3, 0.4) is 0 Å². The topological polar surface area (TPSA) is 116 Å². The molecule has 10 heteroatoms. The molecule has 198 valence electrons. The second-order valence-electron chi connectivity index (χ2n) is 8.73. The van der Waals surface area contributed by atoms with E-state index in [9.17, 15) is 24.2 Å². The number of aromatic nitrogens is 2. The SMILES string of the molecule is CN(C)CC(=O)OCC(O)c1cccc(C(O)=C(C(=O)c2cccc(F)c2)c2nc3ccccc3[nH]2)c1.Cl. The standard InChI is InChI=1S/C28H26FN3O5.ClH/c1-32(2)15-24(34)37-16-23(33)17-7-5-8-18(13-17)26(35)25(27(36)19-9-6-10-20(29)14-19)28-30-21-11-3-4-12-22(21)31-28;/h3-14,23,33,35H,15-16H2,1-2H3,(H,30,31);1H. The van der Waals surface area contributed by atoms with Crippen molar-refractivity contribution in [1.29, 1.82) is 0 Å². The molecular formula is C28H27ClFN3O5. The first-order chi connectivity index (χ1) is 17.7. The first-order valence-electron chi connectivity index (χ1n) is 11.5. The maximum atomic E-state index is 13.9. The van der Waals surface area contributed by atoms with E-state index in [1.165, 1.54) is 24.3 Å². The van der Waals surface area contributed by atoms with Crippen LogP contribution in [0, 0.1) is 5.82 Å². The molecule has 4 rings (SSSR count). The fourth-order valence-corrected chi connectivity index (χ4v) is 3.78. The quantitative estimate of drug-likeness (QED) is 0.123. The highest BCUT2D eigenvalue weighted by Crippen LogP contribution is 2.29. The van der Waals surface area contributed by atoms with Crippen molar-refractivity contribution in [3.8, 4) is 0 Å². The number of fused-ring (bicyclic) bond motifs is 1. The van der Waals surface area contributed by atoms with Crippen molar-refractivity contribution in [3.63, 3.8) is 0 Å². The molecular weight excluding hydrogens is 513 g/mol. The number of nitrogens with zero attached hydrogens (tertiary/aromatic N) is 2. The fraction of sp³-hybridized carbons (Fsp3) is 0.179. The Hall–Kier alpha value is -4.05. The number of nitrogens with one attached hydrogen (secondary N) is 1. The zero-order chi connectivity index (χ0) is 26.5. The lowest BCUT2D eigenvalue weighted by Gasteiger charge is -2.15. The highest BCUT2D eigenvalue weighted by Gasteiger charge is 2.24. The molecule has 1 unspecified atom stereocenters. The normalized spacial score (nSPS) is 12.6. The van der Waals surface area contributed by atoms with Crippen LogP contribution in [0.2, 0.25) is 0 Å². The molecule has 1 aromatic heterocycles. The van der Waals surface area contributed by atoms with Crippen LogP contribution in [-0.2, 0) is 9.53 Å². The predicted molar refractivity (Wildman–Crippen MR) is 144 cm³/mol. The van der Waals surface area contributed by atoms with Crippen LogP contribution in [0.5, 0.6) is 0 Å². The summed E-state index contributed by atoms with van der Waals surface area (Å²) in [5.41, 5.74) is 1.69. The highest BCUT2D eigenvalue weighted by molar-refractivity contribution is 6.33. The number of Topliss-reactive ketones (excluding diaryl/α,β-unsaturated/α-hetero) is 1. The lowest BCUT2D eigenvalue weighted by molar-refractivity contribution is -0.147. The molecule has 0 aliphatic carbocycles. The summed E-state index contributed by atoms with van der Waals surface area (Å²) in [5.74, 6) is -2.03. The number of ketones is 1. The van der Waals surface area contributed by atoms with Gasteiger partial charge in [-0.15, -0.1) is 12.4 Å². The average molecular weight is 540 g/mol. The van der Waals surface area contributed by atoms with Gasteiger partial charge in [-0.1, -0.05) is 42.5 Å². The number of benzene rings is 3. The van der Waals surface area contributed by atoms with Gasteiger partial charge in [0, 0.05) is 11.1 Å². The van der Waals surface area contributed by atoms with E-state index in [4.69, 9.17) is 4.74 Å². The van der Waals surface area contributed by atoms with Gasteiger partial charge in [0.15, 0.2) is 0 Å². The van der Waals surface area contributed by atoms with E-state index in [1.54, 1.807) is 61.5 Å². The molecule has 0 aliphatic rings. The molecule has 8 nitrogen and oxygen atoms in total. The lowest BCUT2D eigenvalue weighted by Crippen LogP contribution is -2.25. The minimum absolute atomic E-state index is 0. The molecule has 0 radical (unpaired) electrons. The van der Waals surface area contributed by atoms with Crippen LogP contribution in [0.15, 0.2) is 72.8 Å². The van der Waals surface area contributed by atoms with Crippen molar-refractivity contribution >= 4 is 46.5 Å². The number of H-pyrrole nitrogens is 1. The van der Waals surface area contributed by atoms with E-state index in [1.807, 2.05) is 0 Å². The lowest BCUT2D eigenvalue weighted by atomic mass is 9.97. The van der Waals surface area contributed by atoms with Gasteiger partial charge in [0.05, 0.1) is 17.6 Å². The number of rotatable bonds is 9. The Bertz CT molecular complexity index is 1450. The zero-order valence-electron chi connectivity index (χ0n) is 20.7. The largest absolute Gasteiger partial charge is 0.506 e. The summed E-state index contributed by atoms with van der Waals surface area (Å²) in [5, 5.41) is 21.9. The fourth-order valence-electron chi connectivity index (χ4n) is 3.78. The number of imidazole rings is 1. The molecule has 0 spiro atoms. The van der Waals surface area contributed by atoms with Crippen LogP contribution in [0.25, 0.3) is 22.4 Å². The molecule has 1 atom stereocenters. The van der Waals surface area contributed by atoms with Gasteiger partial charge in [0.25, 0.3) is 0 Å². The van der Waals surface area contributed by atoms with Gasteiger partial charge in [-0.3, -0.25) is 14.5 Å². The van der Waals surface area contributed by atoms with Gasteiger partial charge in [-0.05, 0) is 50.0 Å². The van der Waals surface area contributed by atoms with Crippen LogP contribution in [0.4, 0.5) is 4.39 Å². The molecule has 1 heterocycles. The minimum atomic E-state index is -1.16. The third-order valence-electron chi connectivity index (χ3n) is 5.57. The maximum Gasteiger partial charge on any atom is 0.320 e. The molecule has 38 heavy (non-hydrogen) atoms. The Balaban J connectivity index is 0.00000400. The van der Waals surface area contributed by atoms with Gasteiger partial charge in [0.2, 0.25) is 5.78 Å². The number of aliphatic hydroxyl groups excluding tert-OH is 2. The first kappa shape index (κ1) is 28.5. The second-order valence-corrected chi connectivity index (χ2v) is 8.73. The van der Waals surface area contributed by atoms with Crippen molar-refractivity contribution in [1.82, 2.24) is 14.9 Å². The van der Waals surface area contributed by atoms with Gasteiger partial charge < -0.3 is 19.9 Å². The smallest absolute Gasteiger partial charge is 0.320 e.